The minimum atomic E-state index is -0.207. The number of carbonyl (C=O) groups excluding carboxylic acids is 1. The average Bonchev–Trinajstić information content (AvgIpc) is 3.50. The lowest BCUT2D eigenvalue weighted by Gasteiger charge is -2.27. The first-order valence-electron chi connectivity index (χ1n) is 9.83. The SMILES string of the molecule is C=N/C(C(=O)NC(CC(C)C)C1CC1)=C1/N=C(c2ccncc2)C=C(C)N1C. The summed E-state index contributed by atoms with van der Waals surface area (Å²) in [5.41, 5.74) is 2.96. The second-order valence-corrected chi connectivity index (χ2v) is 7.95. The fourth-order valence-electron chi connectivity index (χ4n) is 3.42. The molecule has 1 amide bonds. The number of aromatic nitrogens is 1. The quantitative estimate of drug-likeness (QED) is 0.582. The van der Waals surface area contributed by atoms with Gasteiger partial charge in [0.05, 0.1) is 5.71 Å². The topological polar surface area (TPSA) is 70.0 Å². The summed E-state index contributed by atoms with van der Waals surface area (Å²) < 4.78 is 0. The number of allylic oxidation sites excluding steroid dienone is 2. The van der Waals surface area contributed by atoms with Gasteiger partial charge >= 0.3 is 0 Å². The zero-order chi connectivity index (χ0) is 20.3. The number of nitrogens with zero attached hydrogens (tertiary/aromatic N) is 4. The first kappa shape index (κ1) is 20.0. The molecule has 1 N–H and O–H groups in total. The van der Waals surface area contributed by atoms with Crippen LogP contribution in [0.4, 0.5) is 0 Å². The van der Waals surface area contributed by atoms with Crippen molar-refractivity contribution in [3.05, 3.63) is 53.4 Å². The predicted octanol–water partition coefficient (Wildman–Crippen LogP) is 3.53. The van der Waals surface area contributed by atoms with Gasteiger partial charge in [-0.2, -0.15) is 0 Å². The highest BCUT2D eigenvalue weighted by Gasteiger charge is 2.34. The van der Waals surface area contributed by atoms with E-state index >= 15 is 0 Å². The normalized spacial score (nSPS) is 19.7. The number of nitrogens with one attached hydrogen (secondary N) is 1. The van der Waals surface area contributed by atoms with Crippen molar-refractivity contribution in [1.82, 2.24) is 15.2 Å². The van der Waals surface area contributed by atoms with Crippen molar-refractivity contribution in [2.45, 2.75) is 46.1 Å². The lowest BCUT2D eigenvalue weighted by Crippen LogP contribution is -2.39. The van der Waals surface area contributed by atoms with Crippen LogP contribution in [-0.2, 0) is 4.79 Å². The van der Waals surface area contributed by atoms with Gasteiger partial charge in [-0.25, -0.2) is 4.99 Å². The van der Waals surface area contributed by atoms with Crippen LogP contribution in [-0.4, -0.2) is 41.3 Å². The summed E-state index contributed by atoms with van der Waals surface area (Å²) >= 11 is 0. The Balaban J connectivity index is 1.92. The maximum atomic E-state index is 13.1. The van der Waals surface area contributed by atoms with Crippen molar-refractivity contribution in [3.8, 4) is 0 Å². The van der Waals surface area contributed by atoms with Crippen molar-refractivity contribution in [3.63, 3.8) is 0 Å². The van der Waals surface area contributed by atoms with E-state index in [-0.39, 0.29) is 17.6 Å². The summed E-state index contributed by atoms with van der Waals surface area (Å²) in [4.78, 5) is 27.8. The van der Waals surface area contributed by atoms with Gasteiger partial charge < -0.3 is 10.2 Å². The van der Waals surface area contributed by atoms with Crippen LogP contribution in [0.15, 0.2) is 57.8 Å². The second kappa shape index (κ2) is 8.50. The minimum absolute atomic E-state index is 0.180. The zero-order valence-electron chi connectivity index (χ0n) is 17.1. The van der Waals surface area contributed by atoms with Gasteiger partial charge in [-0.15, -0.1) is 0 Å². The molecule has 2 heterocycles. The maximum Gasteiger partial charge on any atom is 0.273 e. The van der Waals surface area contributed by atoms with Gasteiger partial charge in [-0.3, -0.25) is 14.8 Å². The molecule has 148 valence electrons. The van der Waals surface area contributed by atoms with Crippen LogP contribution >= 0.6 is 0 Å². The standard InChI is InChI=1S/C22H29N5O/c1-14(2)12-18(16-6-7-16)26-22(28)20(23-4)21-25-19(13-15(3)27(21)5)17-8-10-24-11-9-17/h8-11,13-14,16,18H,4,6-7,12H2,1-3,5H3,(H,26,28)/b21-20-. The minimum Gasteiger partial charge on any atom is -0.348 e. The third-order valence-electron chi connectivity index (χ3n) is 5.21. The Hall–Kier alpha value is -2.76. The van der Waals surface area contributed by atoms with E-state index in [1.807, 2.05) is 37.1 Å². The predicted molar refractivity (Wildman–Crippen MR) is 113 cm³/mol. The van der Waals surface area contributed by atoms with Crippen LogP contribution in [0.3, 0.4) is 0 Å². The molecule has 0 spiro atoms. The van der Waals surface area contributed by atoms with Gasteiger partial charge in [-0.05, 0) is 62.9 Å². The summed E-state index contributed by atoms with van der Waals surface area (Å²) in [7, 11) is 1.89. The third kappa shape index (κ3) is 4.55. The molecular weight excluding hydrogens is 350 g/mol. The molecular formula is C22H29N5O. The van der Waals surface area contributed by atoms with Crippen LogP contribution in [0, 0.1) is 11.8 Å². The number of rotatable bonds is 7. The molecule has 1 aliphatic heterocycles. The van der Waals surface area contributed by atoms with Gasteiger partial charge in [0.2, 0.25) is 0 Å². The van der Waals surface area contributed by atoms with Crippen molar-refractivity contribution in [1.29, 1.82) is 0 Å². The molecule has 0 aromatic carbocycles. The number of aliphatic imine (C=N–C) groups is 2. The monoisotopic (exact) mass is 379 g/mol. The van der Waals surface area contributed by atoms with E-state index in [4.69, 9.17) is 4.99 Å². The third-order valence-corrected chi connectivity index (χ3v) is 5.21. The van der Waals surface area contributed by atoms with Crippen molar-refractivity contribution >= 4 is 18.3 Å². The number of amides is 1. The molecule has 28 heavy (non-hydrogen) atoms. The van der Waals surface area contributed by atoms with Crippen molar-refractivity contribution < 1.29 is 4.79 Å². The van der Waals surface area contributed by atoms with Crippen LogP contribution in [0.25, 0.3) is 0 Å². The summed E-state index contributed by atoms with van der Waals surface area (Å²) in [6, 6.07) is 3.98. The molecule has 1 saturated carbocycles. The fourth-order valence-corrected chi connectivity index (χ4v) is 3.42. The summed E-state index contributed by atoms with van der Waals surface area (Å²) in [6.07, 6.45) is 8.77. The number of hydrogen-bond acceptors (Lipinski definition) is 5. The van der Waals surface area contributed by atoms with Crippen LogP contribution in [0.5, 0.6) is 0 Å². The van der Waals surface area contributed by atoms with Gasteiger partial charge in [0.15, 0.2) is 11.5 Å². The van der Waals surface area contributed by atoms with E-state index < -0.39 is 0 Å². The number of hydrogen-bond donors (Lipinski definition) is 1. The molecule has 0 saturated heterocycles. The molecule has 1 unspecified atom stereocenters. The molecule has 0 radical (unpaired) electrons. The van der Waals surface area contributed by atoms with Crippen LogP contribution in [0.1, 0.15) is 45.6 Å². The Morgan fingerprint density at radius 2 is 2.04 bits per heavy atom. The van der Waals surface area contributed by atoms with E-state index in [1.165, 1.54) is 12.8 Å². The average molecular weight is 380 g/mol. The van der Waals surface area contributed by atoms with E-state index in [9.17, 15) is 4.79 Å². The second-order valence-electron chi connectivity index (χ2n) is 7.95. The molecule has 0 bridgehead atoms. The highest BCUT2D eigenvalue weighted by molar-refractivity contribution is 6.10. The molecule has 1 fully saturated rings. The van der Waals surface area contributed by atoms with Gasteiger partial charge in [0, 0.05) is 36.7 Å². The van der Waals surface area contributed by atoms with Crippen molar-refractivity contribution in [2.24, 2.45) is 21.8 Å². The molecule has 2 aliphatic rings. The van der Waals surface area contributed by atoms with Gasteiger partial charge in [-0.1, -0.05) is 13.8 Å². The molecule has 3 rings (SSSR count). The Labute approximate surface area is 167 Å². The number of pyridine rings is 1. The molecule has 1 aromatic rings. The van der Waals surface area contributed by atoms with E-state index in [0.29, 0.717) is 17.7 Å². The van der Waals surface area contributed by atoms with Crippen LogP contribution in [0.2, 0.25) is 0 Å². The molecule has 6 heteroatoms. The number of carbonyl (C=O) groups is 1. The Morgan fingerprint density at radius 3 is 2.61 bits per heavy atom. The van der Waals surface area contributed by atoms with E-state index in [0.717, 1.165) is 23.4 Å². The zero-order valence-corrected chi connectivity index (χ0v) is 17.1. The Bertz CT molecular complexity index is 834. The van der Waals surface area contributed by atoms with Gasteiger partial charge in [0.1, 0.15) is 0 Å². The first-order valence-corrected chi connectivity index (χ1v) is 9.83. The lowest BCUT2D eigenvalue weighted by atomic mass is 10.00. The highest BCUT2D eigenvalue weighted by Crippen LogP contribution is 2.35. The highest BCUT2D eigenvalue weighted by atomic mass is 16.2. The molecule has 1 atom stereocenters. The van der Waals surface area contributed by atoms with E-state index in [1.54, 1.807) is 12.4 Å². The smallest absolute Gasteiger partial charge is 0.273 e. The van der Waals surface area contributed by atoms with E-state index in [2.05, 4.69) is 35.9 Å². The van der Waals surface area contributed by atoms with Crippen molar-refractivity contribution in [2.75, 3.05) is 7.05 Å². The van der Waals surface area contributed by atoms with Gasteiger partial charge in [0.25, 0.3) is 5.91 Å². The summed E-state index contributed by atoms with van der Waals surface area (Å²) in [5, 5.41) is 3.19. The largest absolute Gasteiger partial charge is 0.348 e. The summed E-state index contributed by atoms with van der Waals surface area (Å²) in [5.74, 6) is 1.40. The molecule has 6 nitrogen and oxygen atoms in total. The first-order chi connectivity index (χ1) is 13.4. The Morgan fingerprint density at radius 1 is 1.36 bits per heavy atom. The maximum absolute atomic E-state index is 13.1. The summed E-state index contributed by atoms with van der Waals surface area (Å²) in [6.45, 7) is 10.00. The fraction of sp³-hybridized carbons (Fsp3) is 0.455. The molecule has 1 aromatic heterocycles. The van der Waals surface area contributed by atoms with Crippen LogP contribution < -0.4 is 5.32 Å². The Kier molecular flexibility index (Phi) is 6.07. The molecule has 1 aliphatic carbocycles. The lowest BCUT2D eigenvalue weighted by molar-refractivity contribution is -0.118.